The molecule has 0 N–H and O–H groups in total. The third kappa shape index (κ3) is 3.02. The van der Waals surface area contributed by atoms with Gasteiger partial charge in [-0.1, -0.05) is 24.1 Å². The molecule has 2 nitrogen and oxygen atoms in total. The number of fused-ring (bicyclic) bond motifs is 1. The van der Waals surface area contributed by atoms with E-state index in [4.69, 9.17) is 11.6 Å². The second-order valence-corrected chi connectivity index (χ2v) is 6.68. The molecule has 106 valence electrons. The highest BCUT2D eigenvalue weighted by molar-refractivity contribution is 7.14. The summed E-state index contributed by atoms with van der Waals surface area (Å²) in [5.74, 6) is 0. The van der Waals surface area contributed by atoms with Crippen LogP contribution in [-0.2, 0) is 12.8 Å². The lowest BCUT2D eigenvalue weighted by Gasteiger charge is -2.01. The molecule has 1 aliphatic rings. The van der Waals surface area contributed by atoms with E-state index in [9.17, 15) is 5.26 Å². The number of aromatic nitrogens is 1. The predicted molar refractivity (Wildman–Crippen MR) is 88.1 cm³/mol. The van der Waals surface area contributed by atoms with Crippen LogP contribution in [0.2, 0.25) is 0 Å². The van der Waals surface area contributed by atoms with Crippen molar-refractivity contribution in [2.75, 3.05) is 0 Å². The van der Waals surface area contributed by atoms with Crippen molar-refractivity contribution in [2.45, 2.75) is 32.1 Å². The van der Waals surface area contributed by atoms with Crippen LogP contribution in [0, 0.1) is 11.3 Å². The number of rotatable bonds is 2. The van der Waals surface area contributed by atoms with E-state index in [0.29, 0.717) is 10.6 Å². The summed E-state index contributed by atoms with van der Waals surface area (Å²) in [6.07, 6.45) is 9.45. The molecule has 21 heavy (non-hydrogen) atoms. The van der Waals surface area contributed by atoms with Crippen molar-refractivity contribution >= 4 is 33.5 Å². The quantitative estimate of drug-likeness (QED) is 0.575. The molecule has 2 aromatic heterocycles. The molecule has 4 heteroatoms. The Morgan fingerprint density at radius 3 is 2.90 bits per heavy atom. The first-order valence-electron chi connectivity index (χ1n) is 7.12. The standard InChI is InChI=1S/C17H15ClN2S/c18-17(14(10-19)13-6-4-8-20-11-13)16-9-12-5-2-1-3-7-15(12)21-16/h4,6,8-9,11H,1-3,5,7H2/b17-14-. The predicted octanol–water partition coefficient (Wildman–Crippen LogP) is 5.04. The lowest BCUT2D eigenvalue weighted by atomic mass is 10.1. The monoisotopic (exact) mass is 314 g/mol. The van der Waals surface area contributed by atoms with Crippen molar-refractivity contribution in [2.24, 2.45) is 0 Å². The molecule has 0 atom stereocenters. The van der Waals surface area contributed by atoms with Gasteiger partial charge in [-0.25, -0.2) is 0 Å². The van der Waals surface area contributed by atoms with E-state index >= 15 is 0 Å². The van der Waals surface area contributed by atoms with Gasteiger partial charge in [0.15, 0.2) is 0 Å². The van der Waals surface area contributed by atoms with Crippen LogP contribution in [0.3, 0.4) is 0 Å². The molecule has 0 saturated heterocycles. The Bertz CT molecular complexity index is 687. The Labute approximate surface area is 133 Å². The number of nitriles is 1. The van der Waals surface area contributed by atoms with Crippen LogP contribution in [0.25, 0.3) is 10.6 Å². The van der Waals surface area contributed by atoms with Crippen molar-refractivity contribution in [3.8, 4) is 6.07 Å². The Balaban J connectivity index is 2.02. The topological polar surface area (TPSA) is 36.7 Å². The third-order valence-corrected chi connectivity index (χ3v) is 5.50. The Morgan fingerprint density at radius 1 is 1.29 bits per heavy atom. The molecule has 2 heterocycles. The zero-order valence-corrected chi connectivity index (χ0v) is 13.2. The highest BCUT2D eigenvalue weighted by atomic mass is 35.5. The number of hydrogen-bond donors (Lipinski definition) is 0. The minimum absolute atomic E-state index is 0.501. The van der Waals surface area contributed by atoms with Gasteiger partial charge in [0.2, 0.25) is 0 Å². The van der Waals surface area contributed by atoms with Gasteiger partial charge in [-0.05, 0) is 43.4 Å². The Kier molecular flexibility index (Phi) is 4.38. The van der Waals surface area contributed by atoms with Crippen LogP contribution < -0.4 is 0 Å². The maximum Gasteiger partial charge on any atom is 0.101 e. The second kappa shape index (κ2) is 6.43. The maximum atomic E-state index is 9.44. The fourth-order valence-corrected chi connectivity index (χ4v) is 4.17. The van der Waals surface area contributed by atoms with Gasteiger partial charge in [-0.15, -0.1) is 11.3 Å². The Morgan fingerprint density at radius 2 is 2.14 bits per heavy atom. The van der Waals surface area contributed by atoms with E-state index in [1.807, 2.05) is 12.1 Å². The van der Waals surface area contributed by atoms with Crippen molar-refractivity contribution in [3.05, 3.63) is 51.5 Å². The van der Waals surface area contributed by atoms with E-state index in [-0.39, 0.29) is 0 Å². The van der Waals surface area contributed by atoms with Crippen LogP contribution in [0.5, 0.6) is 0 Å². The van der Waals surface area contributed by atoms with E-state index < -0.39 is 0 Å². The first kappa shape index (κ1) is 14.3. The van der Waals surface area contributed by atoms with Crippen LogP contribution >= 0.6 is 22.9 Å². The van der Waals surface area contributed by atoms with Crippen LogP contribution in [0.4, 0.5) is 0 Å². The van der Waals surface area contributed by atoms with Gasteiger partial charge in [0, 0.05) is 27.7 Å². The van der Waals surface area contributed by atoms with Crippen molar-refractivity contribution in [1.29, 1.82) is 5.26 Å². The first-order valence-corrected chi connectivity index (χ1v) is 8.31. The summed E-state index contributed by atoms with van der Waals surface area (Å²) in [6, 6.07) is 8.08. The molecule has 0 saturated carbocycles. The normalized spacial score (nSPS) is 15.6. The fraction of sp³-hybridized carbons (Fsp3) is 0.294. The number of hydrogen-bond acceptors (Lipinski definition) is 3. The highest BCUT2D eigenvalue weighted by Gasteiger charge is 2.16. The number of pyridine rings is 1. The lowest BCUT2D eigenvalue weighted by Crippen LogP contribution is -1.85. The zero-order chi connectivity index (χ0) is 14.7. The molecule has 0 bridgehead atoms. The zero-order valence-electron chi connectivity index (χ0n) is 11.6. The average Bonchev–Trinajstić information content (AvgIpc) is 2.80. The largest absolute Gasteiger partial charge is 0.264 e. The number of thiophene rings is 1. The summed E-state index contributed by atoms with van der Waals surface area (Å²) in [4.78, 5) is 6.50. The van der Waals surface area contributed by atoms with Crippen LogP contribution in [-0.4, -0.2) is 4.98 Å². The average molecular weight is 315 g/mol. The maximum absolute atomic E-state index is 9.44. The van der Waals surface area contributed by atoms with Crippen molar-refractivity contribution < 1.29 is 0 Å². The van der Waals surface area contributed by atoms with Crippen LogP contribution in [0.1, 0.15) is 40.1 Å². The highest BCUT2D eigenvalue weighted by Crippen LogP contribution is 2.37. The molecule has 0 amide bonds. The molecule has 0 aromatic carbocycles. The molecule has 2 aromatic rings. The minimum atomic E-state index is 0.501. The summed E-state index contributed by atoms with van der Waals surface area (Å²) in [5.41, 5.74) is 2.68. The SMILES string of the molecule is N#C/C(=C(/Cl)c1cc2c(s1)CCCCC2)c1cccnc1. The molecule has 3 rings (SSSR count). The van der Waals surface area contributed by atoms with Gasteiger partial charge in [0.25, 0.3) is 0 Å². The third-order valence-electron chi connectivity index (χ3n) is 3.74. The smallest absolute Gasteiger partial charge is 0.101 e. The summed E-state index contributed by atoms with van der Waals surface area (Å²) in [7, 11) is 0. The molecule has 0 aliphatic heterocycles. The number of allylic oxidation sites excluding steroid dienone is 1. The fourth-order valence-electron chi connectivity index (χ4n) is 2.65. The summed E-state index contributed by atoms with van der Waals surface area (Å²) in [6.45, 7) is 0. The number of nitrogens with zero attached hydrogens (tertiary/aromatic N) is 2. The first-order chi connectivity index (χ1) is 10.3. The van der Waals surface area contributed by atoms with Gasteiger partial charge >= 0.3 is 0 Å². The van der Waals surface area contributed by atoms with Gasteiger partial charge in [0.05, 0.1) is 10.6 Å². The second-order valence-electron chi connectivity index (χ2n) is 5.16. The number of aryl methyl sites for hydroxylation is 2. The molecule has 0 spiro atoms. The van der Waals surface area contributed by atoms with Gasteiger partial charge < -0.3 is 0 Å². The minimum Gasteiger partial charge on any atom is -0.264 e. The summed E-state index contributed by atoms with van der Waals surface area (Å²) in [5, 5.41) is 9.99. The van der Waals surface area contributed by atoms with Crippen molar-refractivity contribution in [1.82, 2.24) is 4.98 Å². The molecular weight excluding hydrogens is 300 g/mol. The van der Waals surface area contributed by atoms with Crippen LogP contribution in [0.15, 0.2) is 30.6 Å². The molecule has 0 fully saturated rings. The Hall–Kier alpha value is -1.63. The summed E-state index contributed by atoms with van der Waals surface area (Å²) < 4.78 is 0. The number of halogens is 1. The lowest BCUT2D eigenvalue weighted by molar-refractivity contribution is 0.712. The molecule has 1 aliphatic carbocycles. The molecule has 0 unspecified atom stereocenters. The van der Waals surface area contributed by atoms with E-state index in [1.165, 1.54) is 29.7 Å². The molecular formula is C17H15ClN2S. The van der Waals surface area contributed by atoms with Crippen molar-refractivity contribution in [3.63, 3.8) is 0 Å². The summed E-state index contributed by atoms with van der Waals surface area (Å²) >= 11 is 8.24. The van der Waals surface area contributed by atoms with E-state index in [2.05, 4.69) is 17.1 Å². The van der Waals surface area contributed by atoms with Gasteiger partial charge in [-0.2, -0.15) is 5.26 Å². The van der Waals surface area contributed by atoms with E-state index in [1.54, 1.807) is 23.7 Å². The van der Waals surface area contributed by atoms with Gasteiger partial charge in [0.1, 0.15) is 6.07 Å². The molecule has 0 radical (unpaired) electrons. The van der Waals surface area contributed by atoms with E-state index in [0.717, 1.165) is 23.3 Å². The van der Waals surface area contributed by atoms with Gasteiger partial charge in [-0.3, -0.25) is 4.98 Å².